The molecule has 0 atom stereocenters. The first kappa shape index (κ1) is 18.2. The molecule has 1 saturated carbocycles. The summed E-state index contributed by atoms with van der Waals surface area (Å²) in [7, 11) is 0. The Morgan fingerprint density at radius 1 is 1.12 bits per heavy atom. The average molecular weight is 354 g/mol. The highest BCUT2D eigenvalue weighted by atomic mass is 16.2. The van der Waals surface area contributed by atoms with Crippen molar-refractivity contribution in [3.05, 3.63) is 52.3 Å². The molecule has 2 amide bonds. The third-order valence-electron chi connectivity index (χ3n) is 4.76. The van der Waals surface area contributed by atoms with Crippen LogP contribution in [0, 0.1) is 6.92 Å². The predicted molar refractivity (Wildman–Crippen MR) is 102 cm³/mol. The summed E-state index contributed by atoms with van der Waals surface area (Å²) < 4.78 is 1.40. The minimum absolute atomic E-state index is 0.167. The second-order valence-electron chi connectivity index (χ2n) is 6.88. The standard InChI is InChI=1S/C20H26N4O2/c1-15-7-9-16(10-8-15)18-11-12-19(25)24(23-18)14-13-21-20(26)22-17-5-3-2-4-6-17/h7-12,17H,2-6,13-14H2,1H3,(H2,21,22,26). The van der Waals surface area contributed by atoms with Crippen LogP contribution in [0.15, 0.2) is 41.2 Å². The lowest BCUT2D eigenvalue weighted by atomic mass is 9.96. The van der Waals surface area contributed by atoms with E-state index in [0.29, 0.717) is 13.1 Å². The van der Waals surface area contributed by atoms with Gasteiger partial charge in [-0.15, -0.1) is 0 Å². The van der Waals surface area contributed by atoms with E-state index in [1.165, 1.54) is 35.6 Å². The molecule has 0 saturated heterocycles. The van der Waals surface area contributed by atoms with Gasteiger partial charge in [-0.3, -0.25) is 4.79 Å². The Kier molecular flexibility index (Phi) is 6.04. The molecule has 0 bridgehead atoms. The van der Waals surface area contributed by atoms with Gasteiger partial charge < -0.3 is 10.6 Å². The second-order valence-corrected chi connectivity index (χ2v) is 6.88. The first-order valence-corrected chi connectivity index (χ1v) is 9.31. The van der Waals surface area contributed by atoms with E-state index in [1.54, 1.807) is 6.07 Å². The second kappa shape index (κ2) is 8.65. The summed E-state index contributed by atoms with van der Waals surface area (Å²) in [5, 5.41) is 10.2. The summed E-state index contributed by atoms with van der Waals surface area (Å²) >= 11 is 0. The molecule has 138 valence electrons. The molecular formula is C20H26N4O2. The molecule has 1 heterocycles. The van der Waals surface area contributed by atoms with Gasteiger partial charge in [0.2, 0.25) is 0 Å². The molecule has 1 aromatic carbocycles. The van der Waals surface area contributed by atoms with Gasteiger partial charge in [-0.25, -0.2) is 9.48 Å². The largest absolute Gasteiger partial charge is 0.336 e. The van der Waals surface area contributed by atoms with Gasteiger partial charge in [0.25, 0.3) is 5.56 Å². The number of amides is 2. The lowest BCUT2D eigenvalue weighted by Gasteiger charge is -2.22. The van der Waals surface area contributed by atoms with Crippen molar-refractivity contribution in [2.75, 3.05) is 6.54 Å². The number of benzene rings is 1. The van der Waals surface area contributed by atoms with Crippen LogP contribution in [-0.4, -0.2) is 28.4 Å². The Balaban J connectivity index is 1.55. The van der Waals surface area contributed by atoms with Crippen molar-refractivity contribution in [1.29, 1.82) is 0 Å². The van der Waals surface area contributed by atoms with Gasteiger partial charge in [0, 0.05) is 24.2 Å². The number of carbonyl (C=O) groups excluding carboxylic acids is 1. The summed E-state index contributed by atoms with van der Waals surface area (Å²) in [6, 6.07) is 11.4. The van der Waals surface area contributed by atoms with Crippen LogP contribution >= 0.6 is 0 Å². The Bertz CT molecular complexity index is 792. The zero-order valence-electron chi connectivity index (χ0n) is 15.2. The highest BCUT2D eigenvalue weighted by Crippen LogP contribution is 2.17. The number of nitrogens with zero attached hydrogens (tertiary/aromatic N) is 2. The number of rotatable bonds is 5. The smallest absolute Gasteiger partial charge is 0.315 e. The minimum atomic E-state index is -0.171. The molecule has 2 aromatic rings. The molecule has 2 N–H and O–H groups in total. The first-order valence-electron chi connectivity index (χ1n) is 9.31. The van der Waals surface area contributed by atoms with E-state index >= 15 is 0 Å². The number of nitrogens with one attached hydrogen (secondary N) is 2. The van der Waals surface area contributed by atoms with Gasteiger partial charge in [0.15, 0.2) is 0 Å². The van der Waals surface area contributed by atoms with Crippen LogP contribution in [0.5, 0.6) is 0 Å². The summed E-state index contributed by atoms with van der Waals surface area (Å²) in [5.74, 6) is 0. The van der Waals surface area contributed by atoms with Crippen LogP contribution in [0.25, 0.3) is 11.3 Å². The molecule has 6 heteroatoms. The highest BCUT2D eigenvalue weighted by molar-refractivity contribution is 5.74. The van der Waals surface area contributed by atoms with E-state index in [0.717, 1.165) is 24.1 Å². The third kappa shape index (κ3) is 4.94. The lowest BCUT2D eigenvalue weighted by Crippen LogP contribution is -2.44. The van der Waals surface area contributed by atoms with Crippen LogP contribution in [0.4, 0.5) is 4.79 Å². The Morgan fingerprint density at radius 3 is 2.58 bits per heavy atom. The Labute approximate surface area is 153 Å². The summed E-state index contributed by atoms with van der Waals surface area (Å²) in [6.45, 7) is 2.74. The van der Waals surface area contributed by atoms with Crippen LogP contribution in [-0.2, 0) is 6.54 Å². The number of hydrogen-bond donors (Lipinski definition) is 2. The van der Waals surface area contributed by atoms with Gasteiger partial charge in [-0.1, -0.05) is 49.1 Å². The van der Waals surface area contributed by atoms with Crippen molar-refractivity contribution in [1.82, 2.24) is 20.4 Å². The normalized spacial score (nSPS) is 14.8. The molecule has 1 aliphatic rings. The third-order valence-corrected chi connectivity index (χ3v) is 4.76. The first-order chi connectivity index (χ1) is 12.6. The SMILES string of the molecule is Cc1ccc(-c2ccc(=O)n(CCNC(=O)NC3CCCCC3)n2)cc1. The van der Waals surface area contributed by atoms with Crippen molar-refractivity contribution in [3.63, 3.8) is 0 Å². The van der Waals surface area contributed by atoms with E-state index in [-0.39, 0.29) is 17.6 Å². The van der Waals surface area contributed by atoms with Crippen molar-refractivity contribution >= 4 is 6.03 Å². The summed E-state index contributed by atoms with van der Waals surface area (Å²) in [5.41, 5.74) is 2.72. The summed E-state index contributed by atoms with van der Waals surface area (Å²) in [4.78, 5) is 24.0. The lowest BCUT2D eigenvalue weighted by molar-refractivity contribution is 0.232. The molecule has 0 spiro atoms. The Hall–Kier alpha value is -2.63. The van der Waals surface area contributed by atoms with Crippen LogP contribution in [0.3, 0.4) is 0 Å². The number of hydrogen-bond acceptors (Lipinski definition) is 3. The fourth-order valence-corrected chi connectivity index (χ4v) is 3.25. The maximum Gasteiger partial charge on any atom is 0.315 e. The van der Waals surface area contributed by atoms with E-state index in [1.807, 2.05) is 31.2 Å². The molecule has 1 aliphatic carbocycles. The van der Waals surface area contributed by atoms with Crippen LogP contribution in [0.2, 0.25) is 0 Å². The molecule has 26 heavy (non-hydrogen) atoms. The van der Waals surface area contributed by atoms with Crippen molar-refractivity contribution in [2.24, 2.45) is 0 Å². The average Bonchev–Trinajstić information content (AvgIpc) is 2.65. The molecular weight excluding hydrogens is 328 g/mol. The monoisotopic (exact) mass is 354 g/mol. The van der Waals surface area contributed by atoms with Gasteiger partial charge in [0.1, 0.15) is 0 Å². The highest BCUT2D eigenvalue weighted by Gasteiger charge is 2.15. The van der Waals surface area contributed by atoms with E-state index in [4.69, 9.17) is 0 Å². The summed E-state index contributed by atoms with van der Waals surface area (Å²) in [6.07, 6.45) is 5.71. The molecule has 0 aliphatic heterocycles. The molecule has 1 aromatic heterocycles. The fraction of sp³-hybridized carbons (Fsp3) is 0.450. The molecule has 0 radical (unpaired) electrons. The van der Waals surface area contributed by atoms with Gasteiger partial charge in [-0.2, -0.15) is 5.10 Å². The van der Waals surface area contributed by atoms with Crippen molar-refractivity contribution in [3.8, 4) is 11.3 Å². The van der Waals surface area contributed by atoms with Crippen LogP contribution in [0.1, 0.15) is 37.7 Å². The Morgan fingerprint density at radius 2 is 1.85 bits per heavy atom. The molecule has 0 unspecified atom stereocenters. The predicted octanol–water partition coefficient (Wildman–Crippen LogP) is 2.85. The molecule has 6 nitrogen and oxygen atoms in total. The van der Waals surface area contributed by atoms with E-state index < -0.39 is 0 Å². The maximum atomic E-state index is 12.0. The fourth-order valence-electron chi connectivity index (χ4n) is 3.25. The van der Waals surface area contributed by atoms with Crippen molar-refractivity contribution < 1.29 is 4.79 Å². The molecule has 3 rings (SSSR count). The van der Waals surface area contributed by atoms with E-state index in [2.05, 4.69) is 15.7 Å². The molecule has 1 fully saturated rings. The van der Waals surface area contributed by atoms with Gasteiger partial charge in [0.05, 0.1) is 12.2 Å². The van der Waals surface area contributed by atoms with Crippen molar-refractivity contribution in [2.45, 2.75) is 51.6 Å². The number of urea groups is 1. The minimum Gasteiger partial charge on any atom is -0.336 e. The van der Waals surface area contributed by atoms with Gasteiger partial charge >= 0.3 is 6.03 Å². The topological polar surface area (TPSA) is 76.0 Å². The maximum absolute atomic E-state index is 12.0. The number of aryl methyl sites for hydroxylation is 1. The zero-order chi connectivity index (χ0) is 18.4. The quantitative estimate of drug-likeness (QED) is 0.867. The van der Waals surface area contributed by atoms with E-state index in [9.17, 15) is 9.59 Å². The zero-order valence-corrected chi connectivity index (χ0v) is 15.2. The van der Waals surface area contributed by atoms with Crippen LogP contribution < -0.4 is 16.2 Å². The number of aromatic nitrogens is 2. The van der Waals surface area contributed by atoms with Gasteiger partial charge in [-0.05, 0) is 25.8 Å². The number of carbonyl (C=O) groups is 1.